The van der Waals surface area contributed by atoms with Crippen LogP contribution in [0.4, 0.5) is 0 Å². The van der Waals surface area contributed by atoms with Gasteiger partial charge in [-0.15, -0.1) is 0 Å². The Bertz CT molecular complexity index is 134. The fourth-order valence-corrected chi connectivity index (χ4v) is 2.81. The molecule has 0 radical (unpaired) electrons. The predicted molar refractivity (Wildman–Crippen MR) is 44.0 cm³/mol. The van der Waals surface area contributed by atoms with Crippen molar-refractivity contribution >= 4 is 0 Å². The molecule has 0 aromatic rings. The summed E-state index contributed by atoms with van der Waals surface area (Å²) in [5.41, 5.74) is 5.62. The van der Waals surface area contributed by atoms with Crippen molar-refractivity contribution in [1.29, 1.82) is 0 Å². The van der Waals surface area contributed by atoms with Crippen LogP contribution in [-0.4, -0.2) is 17.8 Å². The molecule has 0 saturated heterocycles. The fourth-order valence-electron chi connectivity index (χ4n) is 2.81. The van der Waals surface area contributed by atoms with Gasteiger partial charge in [-0.05, 0) is 50.0 Å². The summed E-state index contributed by atoms with van der Waals surface area (Å²) >= 11 is 0. The maximum Gasteiger partial charge on any atom is 0.0596 e. The van der Waals surface area contributed by atoms with E-state index in [0.29, 0.717) is 17.8 Å². The van der Waals surface area contributed by atoms with E-state index < -0.39 is 0 Å². The summed E-state index contributed by atoms with van der Waals surface area (Å²) in [4.78, 5) is 0. The molecule has 3 N–H and O–H groups in total. The van der Waals surface area contributed by atoms with Gasteiger partial charge < -0.3 is 10.8 Å². The first kappa shape index (κ1) is 7.56. The van der Waals surface area contributed by atoms with Crippen molar-refractivity contribution in [3.63, 3.8) is 0 Å². The van der Waals surface area contributed by atoms with Crippen LogP contribution in [0.3, 0.4) is 0 Å². The van der Waals surface area contributed by atoms with Gasteiger partial charge in [0.25, 0.3) is 0 Å². The quantitative estimate of drug-likeness (QED) is 0.586. The molecule has 0 aromatic carbocycles. The molecule has 0 heterocycles. The van der Waals surface area contributed by atoms with E-state index in [1.54, 1.807) is 0 Å². The molecule has 0 amide bonds. The third-order valence-electron chi connectivity index (χ3n) is 3.48. The van der Waals surface area contributed by atoms with Gasteiger partial charge >= 0.3 is 0 Å². The maximum absolute atomic E-state index is 9.68. The third kappa shape index (κ3) is 1.18. The minimum atomic E-state index is 0.0119. The minimum absolute atomic E-state index is 0.0119. The number of fused-ring (bicyclic) bond motifs is 2. The van der Waals surface area contributed by atoms with E-state index in [4.69, 9.17) is 5.73 Å². The van der Waals surface area contributed by atoms with E-state index in [1.807, 2.05) is 0 Å². The van der Waals surface area contributed by atoms with Crippen LogP contribution in [0, 0.1) is 17.8 Å². The van der Waals surface area contributed by atoms with E-state index in [1.165, 1.54) is 25.7 Å². The molecule has 4 atom stereocenters. The lowest BCUT2D eigenvalue weighted by molar-refractivity contribution is 0.0400. The lowest BCUT2D eigenvalue weighted by atomic mass is 9.79. The molecule has 2 unspecified atom stereocenters. The van der Waals surface area contributed by atoms with Gasteiger partial charge in [0.05, 0.1) is 6.10 Å². The third-order valence-corrected chi connectivity index (χ3v) is 3.48. The van der Waals surface area contributed by atoms with Gasteiger partial charge in [-0.1, -0.05) is 0 Å². The van der Waals surface area contributed by atoms with Crippen LogP contribution < -0.4 is 5.73 Å². The molecule has 64 valence electrons. The summed E-state index contributed by atoms with van der Waals surface area (Å²) in [6, 6.07) is 0. The summed E-state index contributed by atoms with van der Waals surface area (Å²) in [5, 5.41) is 9.68. The molecule has 2 rings (SSSR count). The summed E-state index contributed by atoms with van der Waals surface area (Å²) in [7, 11) is 0. The summed E-state index contributed by atoms with van der Waals surface area (Å²) in [6.07, 6.45) is 4.84. The summed E-state index contributed by atoms with van der Waals surface area (Å²) in [5.74, 6) is 1.88. The zero-order valence-electron chi connectivity index (χ0n) is 6.87. The second-order valence-electron chi connectivity index (χ2n) is 4.16. The van der Waals surface area contributed by atoms with Crippen LogP contribution in [0.5, 0.6) is 0 Å². The highest BCUT2D eigenvalue weighted by atomic mass is 16.3. The number of aliphatic hydroxyl groups is 1. The van der Waals surface area contributed by atoms with E-state index in [-0.39, 0.29) is 6.10 Å². The van der Waals surface area contributed by atoms with Crippen molar-refractivity contribution in [3.8, 4) is 0 Å². The van der Waals surface area contributed by atoms with Gasteiger partial charge in [-0.3, -0.25) is 0 Å². The number of hydrogen-bond acceptors (Lipinski definition) is 2. The Morgan fingerprint density at radius 1 is 1.18 bits per heavy atom. The summed E-state index contributed by atoms with van der Waals surface area (Å²) in [6.45, 7) is 0.819. The average Bonchev–Trinajstić information content (AvgIpc) is 2.26. The van der Waals surface area contributed by atoms with Gasteiger partial charge in [0.1, 0.15) is 0 Å². The zero-order valence-corrected chi connectivity index (χ0v) is 6.87. The number of nitrogens with two attached hydrogens (primary N) is 1. The highest BCUT2D eigenvalue weighted by molar-refractivity contribution is 4.92. The van der Waals surface area contributed by atoms with Crippen molar-refractivity contribution < 1.29 is 5.11 Å². The Labute approximate surface area is 67.8 Å². The lowest BCUT2D eigenvalue weighted by Crippen LogP contribution is -2.33. The van der Waals surface area contributed by atoms with Crippen molar-refractivity contribution in [2.45, 2.75) is 31.8 Å². The Kier molecular flexibility index (Phi) is 1.90. The van der Waals surface area contributed by atoms with Crippen LogP contribution in [0.15, 0.2) is 0 Å². The van der Waals surface area contributed by atoms with Crippen molar-refractivity contribution in [3.05, 3.63) is 0 Å². The molecule has 2 nitrogen and oxygen atoms in total. The zero-order chi connectivity index (χ0) is 7.84. The molecule has 0 aliphatic heterocycles. The Morgan fingerprint density at radius 3 is 2.18 bits per heavy atom. The van der Waals surface area contributed by atoms with Gasteiger partial charge in [0, 0.05) is 0 Å². The van der Waals surface area contributed by atoms with Crippen molar-refractivity contribution in [1.82, 2.24) is 0 Å². The topological polar surface area (TPSA) is 46.2 Å². The smallest absolute Gasteiger partial charge is 0.0596 e. The molecular weight excluding hydrogens is 138 g/mol. The first-order valence-electron chi connectivity index (χ1n) is 4.69. The van der Waals surface area contributed by atoms with Gasteiger partial charge in [0.2, 0.25) is 0 Å². The highest BCUT2D eigenvalue weighted by Gasteiger charge is 2.40. The molecule has 2 fully saturated rings. The molecule has 2 aliphatic carbocycles. The van der Waals surface area contributed by atoms with Crippen LogP contribution >= 0.6 is 0 Å². The van der Waals surface area contributed by atoms with Gasteiger partial charge in [0.15, 0.2) is 0 Å². The number of rotatable bonds is 1. The SMILES string of the molecule is NCC1C[C@H]2CC[C@@H](C1)C2O. The first-order valence-corrected chi connectivity index (χ1v) is 4.69. The first-order chi connectivity index (χ1) is 5.31. The Balaban J connectivity index is 2.02. The highest BCUT2D eigenvalue weighted by Crippen LogP contribution is 2.44. The molecule has 0 spiro atoms. The van der Waals surface area contributed by atoms with Gasteiger partial charge in [-0.2, -0.15) is 0 Å². The number of hydrogen-bond donors (Lipinski definition) is 2. The number of aliphatic hydroxyl groups excluding tert-OH is 1. The Hall–Kier alpha value is -0.0800. The van der Waals surface area contributed by atoms with Crippen molar-refractivity contribution in [2.24, 2.45) is 23.5 Å². The normalized spacial score (nSPS) is 49.6. The fraction of sp³-hybridized carbons (Fsp3) is 1.00. The van der Waals surface area contributed by atoms with Crippen LogP contribution in [0.1, 0.15) is 25.7 Å². The molecule has 2 heteroatoms. The molecule has 2 aliphatic rings. The molecule has 2 bridgehead atoms. The standard InChI is InChI=1S/C9H17NO/c10-5-6-3-7-1-2-8(4-6)9(7)11/h6-9,11H,1-5,10H2/t6?,7-,8+,9?. The van der Waals surface area contributed by atoms with Crippen LogP contribution in [-0.2, 0) is 0 Å². The largest absolute Gasteiger partial charge is 0.393 e. The lowest BCUT2D eigenvalue weighted by Gasteiger charge is -2.31. The van der Waals surface area contributed by atoms with E-state index in [9.17, 15) is 5.11 Å². The van der Waals surface area contributed by atoms with E-state index in [0.717, 1.165) is 6.54 Å². The molecule has 11 heavy (non-hydrogen) atoms. The van der Waals surface area contributed by atoms with Crippen LogP contribution in [0.2, 0.25) is 0 Å². The molecule has 2 saturated carbocycles. The predicted octanol–water partition coefficient (Wildman–Crippen LogP) is 0.742. The van der Waals surface area contributed by atoms with Gasteiger partial charge in [-0.25, -0.2) is 0 Å². The molecular formula is C9H17NO. The average molecular weight is 155 g/mol. The summed E-state index contributed by atoms with van der Waals surface area (Å²) < 4.78 is 0. The van der Waals surface area contributed by atoms with Crippen molar-refractivity contribution in [2.75, 3.05) is 6.54 Å². The Morgan fingerprint density at radius 2 is 1.73 bits per heavy atom. The second kappa shape index (κ2) is 2.76. The van der Waals surface area contributed by atoms with E-state index in [2.05, 4.69) is 0 Å². The maximum atomic E-state index is 9.68. The second-order valence-corrected chi connectivity index (χ2v) is 4.16. The van der Waals surface area contributed by atoms with Crippen LogP contribution in [0.25, 0.3) is 0 Å². The van der Waals surface area contributed by atoms with E-state index >= 15 is 0 Å². The molecule has 0 aromatic heterocycles. The monoisotopic (exact) mass is 155 g/mol. The minimum Gasteiger partial charge on any atom is -0.393 e.